The first-order valence-corrected chi connectivity index (χ1v) is 5.77. The van der Waals surface area contributed by atoms with Crippen molar-refractivity contribution in [3.8, 4) is 6.07 Å². The fourth-order valence-electron chi connectivity index (χ4n) is 1.68. The largest absolute Gasteiger partial charge is 0.311 e. The third-order valence-corrected chi connectivity index (χ3v) is 2.65. The molecule has 0 aliphatic rings. The minimum atomic E-state index is -0.705. The number of halogens is 2. The second-order valence-electron chi connectivity index (χ2n) is 3.98. The van der Waals surface area contributed by atoms with Gasteiger partial charge in [-0.05, 0) is 18.2 Å². The standard InChI is InChI=1S/C13H12F2N4/c14-12-6-10(8-16)7-13(15)11(12)9-17-3-5-19-4-1-2-18-19/h1-2,4,6-7,17H,3,5,9H2. The maximum absolute atomic E-state index is 13.5. The summed E-state index contributed by atoms with van der Waals surface area (Å²) in [4.78, 5) is 0. The molecule has 2 aromatic rings. The fraction of sp³-hybridized carbons (Fsp3) is 0.231. The van der Waals surface area contributed by atoms with Gasteiger partial charge in [-0.3, -0.25) is 4.68 Å². The molecule has 1 heterocycles. The fourth-order valence-corrected chi connectivity index (χ4v) is 1.68. The van der Waals surface area contributed by atoms with Gasteiger partial charge in [-0.15, -0.1) is 0 Å². The van der Waals surface area contributed by atoms with Gasteiger partial charge in [0.15, 0.2) is 0 Å². The van der Waals surface area contributed by atoms with Gasteiger partial charge in [0, 0.05) is 31.0 Å². The van der Waals surface area contributed by atoms with Crippen molar-refractivity contribution >= 4 is 0 Å². The van der Waals surface area contributed by atoms with Crippen LogP contribution in [0.2, 0.25) is 0 Å². The summed E-state index contributed by atoms with van der Waals surface area (Å²) in [6.45, 7) is 1.23. The van der Waals surface area contributed by atoms with Crippen LogP contribution in [-0.4, -0.2) is 16.3 Å². The number of hydrogen-bond acceptors (Lipinski definition) is 3. The highest BCUT2D eigenvalue weighted by Gasteiger charge is 2.10. The summed E-state index contributed by atoms with van der Waals surface area (Å²) in [6, 6.07) is 5.59. The minimum absolute atomic E-state index is 0.0182. The quantitative estimate of drug-likeness (QED) is 0.836. The first kappa shape index (κ1) is 13.2. The van der Waals surface area contributed by atoms with Crippen molar-refractivity contribution in [1.82, 2.24) is 15.1 Å². The van der Waals surface area contributed by atoms with Crippen molar-refractivity contribution in [2.24, 2.45) is 0 Å². The molecule has 0 radical (unpaired) electrons. The number of nitrogens with zero attached hydrogens (tertiary/aromatic N) is 3. The van der Waals surface area contributed by atoms with Crippen LogP contribution in [0.3, 0.4) is 0 Å². The Hall–Kier alpha value is -2.26. The monoisotopic (exact) mass is 262 g/mol. The Morgan fingerprint density at radius 3 is 2.63 bits per heavy atom. The zero-order valence-corrected chi connectivity index (χ0v) is 10.1. The molecule has 0 fully saturated rings. The number of nitrogens with one attached hydrogen (secondary N) is 1. The van der Waals surface area contributed by atoms with E-state index in [1.165, 1.54) is 0 Å². The predicted octanol–water partition coefficient (Wildman–Crippen LogP) is 1.82. The molecule has 0 atom stereocenters. The number of benzene rings is 1. The van der Waals surface area contributed by atoms with E-state index in [0.29, 0.717) is 13.1 Å². The van der Waals surface area contributed by atoms with Crippen LogP contribution in [-0.2, 0) is 13.1 Å². The highest BCUT2D eigenvalue weighted by molar-refractivity contribution is 5.34. The molecule has 0 saturated carbocycles. The molecule has 4 nitrogen and oxygen atoms in total. The van der Waals surface area contributed by atoms with Crippen molar-refractivity contribution in [1.29, 1.82) is 5.26 Å². The number of nitriles is 1. The molecular formula is C13H12F2N4. The minimum Gasteiger partial charge on any atom is -0.311 e. The van der Waals surface area contributed by atoms with Crippen molar-refractivity contribution in [2.75, 3.05) is 6.54 Å². The van der Waals surface area contributed by atoms with Crippen molar-refractivity contribution in [2.45, 2.75) is 13.1 Å². The van der Waals surface area contributed by atoms with Gasteiger partial charge in [-0.2, -0.15) is 10.4 Å². The smallest absolute Gasteiger partial charge is 0.131 e. The third kappa shape index (κ3) is 3.36. The molecule has 1 aromatic carbocycles. The van der Waals surface area contributed by atoms with Crippen LogP contribution in [0.15, 0.2) is 30.6 Å². The van der Waals surface area contributed by atoms with E-state index in [2.05, 4.69) is 10.4 Å². The van der Waals surface area contributed by atoms with Crippen LogP contribution in [0.25, 0.3) is 0 Å². The van der Waals surface area contributed by atoms with Crippen LogP contribution in [0, 0.1) is 23.0 Å². The van der Waals surface area contributed by atoms with Crippen molar-refractivity contribution in [3.63, 3.8) is 0 Å². The summed E-state index contributed by atoms with van der Waals surface area (Å²) in [6.07, 6.45) is 3.48. The lowest BCUT2D eigenvalue weighted by molar-refractivity contribution is 0.513. The Balaban J connectivity index is 1.91. The number of hydrogen-bond donors (Lipinski definition) is 1. The van der Waals surface area contributed by atoms with Gasteiger partial charge < -0.3 is 5.32 Å². The van der Waals surface area contributed by atoms with Gasteiger partial charge in [0.25, 0.3) is 0 Å². The second-order valence-corrected chi connectivity index (χ2v) is 3.98. The highest BCUT2D eigenvalue weighted by Crippen LogP contribution is 2.14. The van der Waals surface area contributed by atoms with Gasteiger partial charge in [-0.25, -0.2) is 8.78 Å². The van der Waals surface area contributed by atoms with Gasteiger partial charge in [-0.1, -0.05) is 0 Å². The van der Waals surface area contributed by atoms with Crippen LogP contribution in [0.1, 0.15) is 11.1 Å². The first-order valence-electron chi connectivity index (χ1n) is 5.77. The molecule has 1 aromatic heterocycles. The van der Waals surface area contributed by atoms with E-state index in [0.717, 1.165) is 12.1 Å². The molecule has 0 spiro atoms. The van der Waals surface area contributed by atoms with Crippen LogP contribution in [0.5, 0.6) is 0 Å². The summed E-state index contributed by atoms with van der Waals surface area (Å²) in [5.74, 6) is -1.41. The lowest BCUT2D eigenvalue weighted by Crippen LogP contribution is -2.21. The van der Waals surface area contributed by atoms with E-state index in [9.17, 15) is 8.78 Å². The molecule has 1 N–H and O–H groups in total. The zero-order valence-electron chi connectivity index (χ0n) is 10.1. The van der Waals surface area contributed by atoms with E-state index in [1.807, 2.05) is 6.20 Å². The molecule has 2 rings (SSSR count). The normalized spacial score (nSPS) is 10.4. The summed E-state index contributed by atoms with van der Waals surface area (Å²) in [7, 11) is 0. The van der Waals surface area contributed by atoms with Crippen molar-refractivity contribution in [3.05, 3.63) is 53.4 Å². The van der Waals surface area contributed by atoms with Gasteiger partial charge in [0.05, 0.1) is 18.2 Å². The summed E-state index contributed by atoms with van der Waals surface area (Å²) in [5.41, 5.74) is -0.0743. The Kier molecular flexibility index (Phi) is 4.21. The molecule has 0 saturated heterocycles. The molecule has 19 heavy (non-hydrogen) atoms. The Bertz CT molecular complexity index is 564. The van der Waals surface area contributed by atoms with Crippen molar-refractivity contribution < 1.29 is 8.78 Å². The molecule has 0 amide bonds. The lowest BCUT2D eigenvalue weighted by atomic mass is 10.1. The van der Waals surface area contributed by atoms with E-state index in [-0.39, 0.29) is 17.7 Å². The Morgan fingerprint density at radius 1 is 1.32 bits per heavy atom. The van der Waals surface area contributed by atoms with Gasteiger partial charge >= 0.3 is 0 Å². The molecule has 0 bridgehead atoms. The first-order chi connectivity index (χ1) is 9.20. The van der Waals surface area contributed by atoms with Crippen LogP contribution in [0.4, 0.5) is 8.78 Å². The molecule has 0 aliphatic heterocycles. The SMILES string of the molecule is N#Cc1cc(F)c(CNCCn2cccn2)c(F)c1. The summed E-state index contributed by atoms with van der Waals surface area (Å²) < 4.78 is 28.8. The summed E-state index contributed by atoms with van der Waals surface area (Å²) >= 11 is 0. The predicted molar refractivity (Wildman–Crippen MR) is 65.0 cm³/mol. The maximum Gasteiger partial charge on any atom is 0.131 e. The zero-order chi connectivity index (χ0) is 13.7. The molecule has 6 heteroatoms. The number of rotatable bonds is 5. The second kappa shape index (κ2) is 6.07. The summed E-state index contributed by atoms with van der Waals surface area (Å²) in [5, 5.41) is 15.5. The molecule has 0 unspecified atom stereocenters. The van der Waals surface area contributed by atoms with Crippen LogP contribution < -0.4 is 5.32 Å². The average molecular weight is 262 g/mol. The highest BCUT2D eigenvalue weighted by atomic mass is 19.1. The average Bonchev–Trinajstić information content (AvgIpc) is 2.89. The maximum atomic E-state index is 13.5. The molecule has 0 aliphatic carbocycles. The lowest BCUT2D eigenvalue weighted by Gasteiger charge is -2.07. The van der Waals surface area contributed by atoms with Gasteiger partial charge in [0.1, 0.15) is 11.6 Å². The van der Waals surface area contributed by atoms with E-state index in [1.54, 1.807) is 23.0 Å². The number of aromatic nitrogens is 2. The molecular weight excluding hydrogens is 250 g/mol. The van der Waals surface area contributed by atoms with E-state index >= 15 is 0 Å². The molecule has 98 valence electrons. The van der Waals surface area contributed by atoms with Crippen LogP contribution >= 0.6 is 0 Å². The van der Waals surface area contributed by atoms with Gasteiger partial charge in [0.2, 0.25) is 0 Å². The Labute approximate surface area is 109 Å². The van der Waals surface area contributed by atoms with E-state index < -0.39 is 11.6 Å². The Morgan fingerprint density at radius 2 is 2.05 bits per heavy atom. The topological polar surface area (TPSA) is 53.6 Å². The third-order valence-electron chi connectivity index (χ3n) is 2.65. The van der Waals surface area contributed by atoms with E-state index in [4.69, 9.17) is 5.26 Å².